The molecule has 0 radical (unpaired) electrons. The van der Waals surface area contributed by atoms with Crippen LogP contribution in [0, 0.1) is 6.92 Å². The van der Waals surface area contributed by atoms with Gasteiger partial charge in [0.15, 0.2) is 0 Å². The Hall–Kier alpha value is -2.24. The van der Waals surface area contributed by atoms with Gasteiger partial charge < -0.3 is 5.11 Å². The molecule has 0 aliphatic carbocycles. The summed E-state index contributed by atoms with van der Waals surface area (Å²) in [5.41, 5.74) is 3.76. The Labute approximate surface area is 146 Å². The molecular weight excluding hydrogens is 340 g/mol. The second-order valence-electron chi connectivity index (χ2n) is 5.79. The molecule has 0 amide bonds. The number of aromatic carboxylic acids is 1. The normalized spacial score (nSPS) is 18.7. The van der Waals surface area contributed by atoms with Crippen LogP contribution in [-0.4, -0.2) is 15.3 Å². The lowest BCUT2D eigenvalue weighted by Crippen LogP contribution is -2.14. The third-order valence-corrected chi connectivity index (χ3v) is 7.08. The van der Waals surface area contributed by atoms with E-state index in [1.54, 1.807) is 6.07 Å². The van der Waals surface area contributed by atoms with Gasteiger partial charge in [-0.05, 0) is 36.2 Å². The first-order valence-corrected chi connectivity index (χ1v) is 9.53. The molecule has 2 heterocycles. The molecule has 0 saturated carbocycles. The zero-order valence-corrected chi connectivity index (χ0v) is 14.5. The number of thiophene rings is 1. The van der Waals surface area contributed by atoms with Gasteiger partial charge in [0.05, 0.1) is 16.0 Å². The number of hydrogen-bond donors (Lipinski definition) is 1. The fourth-order valence-corrected chi connectivity index (χ4v) is 5.95. The van der Waals surface area contributed by atoms with Crippen molar-refractivity contribution in [3.63, 3.8) is 0 Å². The molecule has 2 atom stereocenters. The van der Waals surface area contributed by atoms with E-state index in [-0.39, 0.29) is 10.1 Å². The van der Waals surface area contributed by atoms with Crippen LogP contribution in [-0.2, 0) is 10.8 Å². The second-order valence-corrected chi connectivity index (χ2v) is 8.35. The minimum atomic E-state index is -1.26. The molecule has 5 heteroatoms. The van der Waals surface area contributed by atoms with Crippen molar-refractivity contribution in [1.82, 2.24) is 0 Å². The van der Waals surface area contributed by atoms with Gasteiger partial charge in [0, 0.05) is 15.3 Å². The topological polar surface area (TPSA) is 54.4 Å². The highest BCUT2D eigenvalue weighted by atomic mass is 32.2. The third-order valence-electron chi connectivity index (χ3n) is 4.17. The van der Waals surface area contributed by atoms with Crippen molar-refractivity contribution in [2.45, 2.75) is 17.1 Å². The molecule has 3 nitrogen and oxygen atoms in total. The summed E-state index contributed by atoms with van der Waals surface area (Å²) in [6, 6.07) is 17.2. The van der Waals surface area contributed by atoms with Crippen LogP contribution in [0.5, 0.6) is 0 Å². The van der Waals surface area contributed by atoms with Gasteiger partial charge in [-0.2, -0.15) is 0 Å². The van der Waals surface area contributed by atoms with Crippen molar-refractivity contribution in [2.75, 3.05) is 0 Å². The van der Waals surface area contributed by atoms with Crippen molar-refractivity contribution in [2.24, 2.45) is 0 Å². The van der Waals surface area contributed by atoms with E-state index in [1.807, 2.05) is 55.5 Å². The van der Waals surface area contributed by atoms with E-state index < -0.39 is 16.8 Å². The van der Waals surface area contributed by atoms with Crippen LogP contribution in [0.25, 0.3) is 10.4 Å². The lowest BCUT2D eigenvalue weighted by molar-refractivity contribution is 0.0702. The van der Waals surface area contributed by atoms with E-state index in [0.29, 0.717) is 0 Å². The number of fused-ring (bicyclic) bond motifs is 3. The lowest BCUT2D eigenvalue weighted by Gasteiger charge is -2.25. The summed E-state index contributed by atoms with van der Waals surface area (Å²) < 4.78 is 13.2. The summed E-state index contributed by atoms with van der Waals surface area (Å²) in [5, 5.41) is 9.06. The maximum Gasteiger partial charge on any atom is 0.345 e. The van der Waals surface area contributed by atoms with Crippen LogP contribution in [0.3, 0.4) is 0 Å². The summed E-state index contributed by atoms with van der Waals surface area (Å²) in [6.07, 6.45) is 0. The SMILES string of the molecule is Cc1ccc2c(c1)-c1sc(C(=O)O)cc1C(c1ccccc1)S2=O. The van der Waals surface area contributed by atoms with E-state index in [9.17, 15) is 14.1 Å². The van der Waals surface area contributed by atoms with E-state index in [4.69, 9.17) is 0 Å². The molecular formula is C19H14O3S2. The highest BCUT2D eigenvalue weighted by molar-refractivity contribution is 7.85. The Morgan fingerprint density at radius 3 is 2.58 bits per heavy atom. The number of hydrogen-bond acceptors (Lipinski definition) is 3. The molecule has 0 fully saturated rings. The Morgan fingerprint density at radius 1 is 1.12 bits per heavy atom. The third kappa shape index (κ3) is 2.32. The van der Waals surface area contributed by atoms with E-state index >= 15 is 0 Å². The fourth-order valence-electron chi connectivity index (χ4n) is 3.09. The summed E-state index contributed by atoms with van der Waals surface area (Å²) in [6.45, 7) is 1.98. The Bertz CT molecular complexity index is 974. The molecule has 0 spiro atoms. The van der Waals surface area contributed by atoms with Crippen molar-refractivity contribution < 1.29 is 14.1 Å². The number of carbonyl (C=O) groups is 1. The van der Waals surface area contributed by atoms with Crippen LogP contribution in [0.4, 0.5) is 0 Å². The van der Waals surface area contributed by atoms with Crippen LogP contribution >= 0.6 is 11.3 Å². The molecule has 120 valence electrons. The lowest BCUT2D eigenvalue weighted by atomic mass is 10.00. The maximum absolute atomic E-state index is 13.2. The summed E-state index contributed by atoms with van der Waals surface area (Å²) in [7, 11) is -1.26. The average Bonchev–Trinajstić information content (AvgIpc) is 3.01. The van der Waals surface area contributed by atoms with Crippen LogP contribution in [0.15, 0.2) is 59.5 Å². The van der Waals surface area contributed by atoms with Crippen LogP contribution in [0.2, 0.25) is 0 Å². The van der Waals surface area contributed by atoms with E-state index in [2.05, 4.69) is 0 Å². The molecule has 2 aromatic carbocycles. The van der Waals surface area contributed by atoms with Gasteiger partial charge in [0.25, 0.3) is 0 Å². The molecule has 2 unspecified atom stereocenters. The quantitative estimate of drug-likeness (QED) is 0.730. The number of carboxylic acids is 1. The van der Waals surface area contributed by atoms with Gasteiger partial charge in [-0.25, -0.2) is 4.79 Å². The Morgan fingerprint density at radius 2 is 1.88 bits per heavy atom. The monoisotopic (exact) mass is 354 g/mol. The first-order chi connectivity index (χ1) is 11.6. The highest BCUT2D eigenvalue weighted by Crippen LogP contribution is 2.49. The number of rotatable bonds is 2. The van der Waals surface area contributed by atoms with E-state index in [1.165, 1.54) is 11.3 Å². The molecule has 4 rings (SSSR count). The molecule has 3 aromatic rings. The van der Waals surface area contributed by atoms with Gasteiger partial charge in [0.1, 0.15) is 4.88 Å². The zero-order valence-electron chi connectivity index (χ0n) is 12.9. The number of aryl methyl sites for hydroxylation is 1. The highest BCUT2D eigenvalue weighted by Gasteiger charge is 2.34. The molecule has 1 aromatic heterocycles. The molecule has 1 N–H and O–H groups in total. The molecule has 1 aliphatic heterocycles. The minimum Gasteiger partial charge on any atom is -0.477 e. The Balaban J connectivity index is 2.01. The van der Waals surface area contributed by atoms with Gasteiger partial charge in [-0.15, -0.1) is 11.3 Å². The van der Waals surface area contributed by atoms with Gasteiger partial charge >= 0.3 is 5.97 Å². The van der Waals surface area contributed by atoms with Gasteiger partial charge in [-0.1, -0.05) is 42.0 Å². The van der Waals surface area contributed by atoms with Gasteiger partial charge in [0.2, 0.25) is 0 Å². The van der Waals surface area contributed by atoms with Crippen LogP contribution < -0.4 is 0 Å². The Kier molecular flexibility index (Phi) is 3.62. The fraction of sp³-hybridized carbons (Fsp3) is 0.105. The standard InChI is InChI=1S/C19H14O3S2/c1-11-7-8-16-13(9-11)17-14(10-15(23-17)19(20)21)18(24(16)22)12-5-3-2-4-6-12/h2-10,18H,1H3,(H,20,21). The summed E-state index contributed by atoms with van der Waals surface area (Å²) in [5.74, 6) is -0.943. The average molecular weight is 354 g/mol. The summed E-state index contributed by atoms with van der Waals surface area (Å²) >= 11 is 1.26. The molecule has 24 heavy (non-hydrogen) atoms. The molecule has 0 bridgehead atoms. The van der Waals surface area contributed by atoms with E-state index in [0.717, 1.165) is 32.0 Å². The predicted octanol–water partition coefficient (Wildman–Crippen LogP) is 4.63. The minimum absolute atomic E-state index is 0.285. The zero-order chi connectivity index (χ0) is 16.8. The number of benzene rings is 2. The number of carboxylic acid groups (broad SMARTS) is 1. The van der Waals surface area contributed by atoms with Gasteiger partial charge in [-0.3, -0.25) is 4.21 Å². The first-order valence-electron chi connectivity index (χ1n) is 7.50. The smallest absolute Gasteiger partial charge is 0.345 e. The van der Waals surface area contributed by atoms with Crippen molar-refractivity contribution >= 4 is 28.1 Å². The molecule has 0 saturated heterocycles. The van der Waals surface area contributed by atoms with Crippen molar-refractivity contribution in [1.29, 1.82) is 0 Å². The van der Waals surface area contributed by atoms with Crippen molar-refractivity contribution in [3.8, 4) is 10.4 Å². The maximum atomic E-state index is 13.2. The first kappa shape index (κ1) is 15.3. The van der Waals surface area contributed by atoms with Crippen molar-refractivity contribution in [3.05, 3.63) is 76.2 Å². The molecule has 1 aliphatic rings. The second kappa shape index (κ2) is 5.69. The largest absolute Gasteiger partial charge is 0.477 e. The predicted molar refractivity (Wildman–Crippen MR) is 96.1 cm³/mol. The summed E-state index contributed by atoms with van der Waals surface area (Å²) in [4.78, 5) is 13.4. The van der Waals surface area contributed by atoms with Crippen LogP contribution in [0.1, 0.15) is 31.6 Å².